The van der Waals surface area contributed by atoms with Gasteiger partial charge >= 0.3 is 12.4 Å². The second kappa shape index (κ2) is 37.3. The summed E-state index contributed by atoms with van der Waals surface area (Å²) in [7, 11) is 12.3. The lowest BCUT2D eigenvalue weighted by molar-refractivity contribution is -0.215. The van der Waals surface area contributed by atoms with E-state index in [0.717, 1.165) is 24.5 Å². The minimum absolute atomic E-state index is 0.0122. The van der Waals surface area contributed by atoms with E-state index in [-0.39, 0.29) is 122 Å². The lowest BCUT2D eigenvalue weighted by Crippen LogP contribution is -2.71. The van der Waals surface area contributed by atoms with Crippen molar-refractivity contribution in [3.05, 3.63) is 12.2 Å². The van der Waals surface area contributed by atoms with Crippen LogP contribution in [0.4, 0.5) is 26.3 Å². The summed E-state index contributed by atoms with van der Waals surface area (Å²) in [6.07, 6.45) is -6.28. The molecule has 3 aliphatic heterocycles. The second-order valence-corrected chi connectivity index (χ2v) is 32.8. The Balaban J connectivity index is 1.33. The molecule has 1 spiro atoms. The molecule has 3 unspecified atom stereocenters. The van der Waals surface area contributed by atoms with Crippen LogP contribution < -0.4 is 16.0 Å². The van der Waals surface area contributed by atoms with Crippen molar-refractivity contribution < 1.29 is 93.4 Å². The van der Waals surface area contributed by atoms with Crippen LogP contribution in [0.5, 0.6) is 0 Å². The Hall–Kier alpha value is -7.12. The summed E-state index contributed by atoms with van der Waals surface area (Å²) in [5.41, 5.74) is -2.26. The Morgan fingerprint density at radius 3 is 1.86 bits per heavy atom. The van der Waals surface area contributed by atoms with E-state index in [1.54, 1.807) is 39.8 Å². The van der Waals surface area contributed by atoms with Gasteiger partial charge in [0.05, 0.1) is 43.6 Å². The molecular formula is C76H120F6N12O14. The highest BCUT2D eigenvalue weighted by atomic mass is 19.4. The van der Waals surface area contributed by atoms with Gasteiger partial charge in [0.1, 0.15) is 53.9 Å². The maximum Gasteiger partial charge on any atom is 0.394 e. The van der Waals surface area contributed by atoms with E-state index in [1.165, 1.54) is 83.1 Å². The summed E-state index contributed by atoms with van der Waals surface area (Å²) in [5, 5.41) is 8.66. The van der Waals surface area contributed by atoms with Gasteiger partial charge < -0.3 is 69.5 Å². The van der Waals surface area contributed by atoms with Crippen LogP contribution in [-0.4, -0.2) is 290 Å². The van der Waals surface area contributed by atoms with E-state index in [4.69, 9.17) is 9.47 Å². The normalized spacial score (nSPS) is 31.7. The first-order valence-electron chi connectivity index (χ1n) is 38.8. The predicted molar refractivity (Wildman–Crippen MR) is 387 cm³/mol. The number of carbonyl (C=O) groups is 12. The van der Waals surface area contributed by atoms with E-state index in [0.29, 0.717) is 32.1 Å². The number of amides is 12. The zero-order valence-electron chi connectivity index (χ0n) is 66.0. The summed E-state index contributed by atoms with van der Waals surface area (Å²) in [5.74, 6) is -14.3. The quantitative estimate of drug-likeness (QED) is 0.139. The van der Waals surface area contributed by atoms with Crippen LogP contribution in [0, 0.1) is 40.9 Å². The van der Waals surface area contributed by atoms with Gasteiger partial charge in [-0.05, 0) is 145 Å². The number of alkyl halides is 6. The van der Waals surface area contributed by atoms with E-state index in [2.05, 4.69) is 16.0 Å². The zero-order valence-corrected chi connectivity index (χ0v) is 66.0. The summed E-state index contributed by atoms with van der Waals surface area (Å²) < 4.78 is 96.9. The van der Waals surface area contributed by atoms with Gasteiger partial charge in [0.25, 0.3) is 0 Å². The summed E-state index contributed by atoms with van der Waals surface area (Å²) >= 11 is 0. The van der Waals surface area contributed by atoms with Crippen LogP contribution in [-0.2, 0) is 67.0 Å². The van der Waals surface area contributed by atoms with Gasteiger partial charge in [0.2, 0.25) is 70.9 Å². The minimum atomic E-state index is -4.57. The molecule has 0 aromatic carbocycles. The Bertz CT molecular complexity index is 3250. The Labute approximate surface area is 632 Å². The fraction of sp³-hybridized carbons (Fsp3) is 0.816. The number of ether oxygens (including phenoxy) is 2. The van der Waals surface area contributed by atoms with Crippen molar-refractivity contribution in [3.63, 3.8) is 0 Å². The van der Waals surface area contributed by atoms with Crippen molar-refractivity contribution in [3.8, 4) is 0 Å². The first-order valence-corrected chi connectivity index (χ1v) is 38.8. The largest absolute Gasteiger partial charge is 0.394 e. The van der Waals surface area contributed by atoms with Gasteiger partial charge in [0, 0.05) is 89.6 Å². The maximum atomic E-state index is 15.8. The van der Waals surface area contributed by atoms with E-state index in [9.17, 15) is 55.1 Å². The van der Waals surface area contributed by atoms with Crippen LogP contribution in [0.2, 0.25) is 0 Å². The van der Waals surface area contributed by atoms with Crippen molar-refractivity contribution in [2.45, 2.75) is 261 Å². The Morgan fingerprint density at radius 1 is 0.657 bits per heavy atom. The maximum absolute atomic E-state index is 15.8. The molecule has 4 aliphatic carbocycles. The summed E-state index contributed by atoms with van der Waals surface area (Å²) in [6, 6.07) is -10.9. The molecule has 26 nitrogen and oxygen atoms in total. The average molecular weight is 1540 g/mol. The number of hydrogen-bond acceptors (Lipinski definition) is 14. The highest BCUT2D eigenvalue weighted by molar-refractivity contribution is 6.01. The number of methoxy groups -OCH3 is 1. The molecule has 2 saturated heterocycles. The summed E-state index contributed by atoms with van der Waals surface area (Å²) in [6.45, 7) is 9.07. The predicted octanol–water partition coefficient (Wildman–Crippen LogP) is 6.08. The van der Waals surface area contributed by atoms with Crippen molar-refractivity contribution in [2.24, 2.45) is 40.9 Å². The van der Waals surface area contributed by atoms with Gasteiger partial charge in [-0.2, -0.15) is 26.3 Å². The van der Waals surface area contributed by atoms with Crippen LogP contribution >= 0.6 is 0 Å². The van der Waals surface area contributed by atoms with Gasteiger partial charge in [0.15, 0.2) is 0 Å². The molecule has 0 aromatic rings. The van der Waals surface area contributed by atoms with Crippen molar-refractivity contribution in [2.75, 3.05) is 96.3 Å². The number of carbonyl (C=O) groups excluding carboxylic acids is 12. The van der Waals surface area contributed by atoms with Gasteiger partial charge in [-0.3, -0.25) is 57.5 Å². The van der Waals surface area contributed by atoms with Gasteiger partial charge in [-0.15, -0.1) is 0 Å². The van der Waals surface area contributed by atoms with Crippen LogP contribution in [0.15, 0.2) is 12.2 Å². The number of nitrogens with one attached hydrogen (secondary N) is 3. The number of rotatable bonds is 13. The molecule has 7 aliphatic rings. The molecule has 3 heterocycles. The standard InChI is InChI=1S/C76H120F6N12O14/c1-16-45(4)62-70(104)88(10)42-61(97)90(12)54-26-20-19-23-35-93(69(54)103)57(36-46-27-31-49(32-28-46)75(77,78)79)68(102)87(9)41-59(95)83-52(34-30-47-29-33-51(76(80,81)82)58(37-47)107-15)66(100)94-40-50(108-18-3)38-55(94)65(99)85-74(43-73(5,6)44-74)72(106)92(14)63(48-24-21-22-25-48)71(105)91(13)56(67(101)86(7)8)39-60(96)89(11)53(17-2)64(98)84-62/h19-20,45-58,62-63H,16-18,21-44H2,1-15H3,(H,83,95)(H,84,98)(H,85,99)/b20-19-/t45-,46?,47?,49?,50+,51?,52-,53-,54-,55-,56-,57-,58?,62-,63-/m0/s1. The molecule has 108 heavy (non-hydrogen) atoms. The highest BCUT2D eigenvalue weighted by Gasteiger charge is 2.60. The highest BCUT2D eigenvalue weighted by Crippen LogP contribution is 2.50. The number of fused-ring (bicyclic) bond motifs is 3. The van der Waals surface area contributed by atoms with Crippen LogP contribution in [0.25, 0.3) is 0 Å². The third kappa shape index (κ3) is 21.1. The number of halogens is 6. The molecule has 12 amide bonds. The molecule has 32 heteroatoms. The van der Waals surface area contributed by atoms with Crippen LogP contribution in [0.1, 0.15) is 183 Å². The lowest BCUT2D eigenvalue weighted by Gasteiger charge is -2.54. The second-order valence-electron chi connectivity index (χ2n) is 32.8. The molecule has 2 bridgehead atoms. The van der Waals surface area contributed by atoms with E-state index in [1.807, 2.05) is 13.8 Å². The van der Waals surface area contributed by atoms with Crippen molar-refractivity contribution in [1.29, 1.82) is 0 Å². The molecule has 7 rings (SSSR count). The number of hydrogen-bond donors (Lipinski definition) is 3. The van der Waals surface area contributed by atoms with E-state index >= 15 is 28.8 Å². The number of likely N-dealkylation sites (N-methyl/N-ethyl adjacent to an activating group) is 7. The van der Waals surface area contributed by atoms with Crippen molar-refractivity contribution >= 4 is 70.9 Å². The van der Waals surface area contributed by atoms with Gasteiger partial charge in [-0.25, -0.2) is 0 Å². The minimum Gasteiger partial charge on any atom is -0.381 e. The molecular weight excluding hydrogens is 1420 g/mol. The zero-order chi connectivity index (χ0) is 80.4. The SMILES string of the molecule is CCO[C@@H]1C[C@H]2C(=O)NC3(CC(C)(C)C3)C(=O)N(C)[C@@H](C3CCCC3)C(=O)N(C)[C@H](C(=O)N(C)C)CC(=O)N(C)[C@@H](CC)C(=O)N[C@@H]([C@@H](C)CC)C(=O)N(C)CC(=O)N(C)[C@H]3C/C=C\CCN(C3=O)[C@@H](CC3CCC(C(F)(F)F)CC3)C(=O)N(C)CC(=O)N[C@@H](CCC3CCC(C(F)(F)F)C(OC)C3)C(=O)N2C1. The average Bonchev–Trinajstić information content (AvgIpc) is 0.908. The Kier molecular flexibility index (Phi) is 30.4. The lowest BCUT2D eigenvalue weighted by atomic mass is 9.58. The van der Waals surface area contributed by atoms with Gasteiger partial charge in [-0.1, -0.05) is 66.0 Å². The van der Waals surface area contributed by atoms with Crippen molar-refractivity contribution in [1.82, 2.24) is 60.0 Å². The third-order valence-corrected chi connectivity index (χ3v) is 24.3. The molecule has 6 fully saturated rings. The topological polar surface area (TPSA) is 289 Å². The summed E-state index contributed by atoms with van der Waals surface area (Å²) in [4.78, 5) is 192. The smallest absolute Gasteiger partial charge is 0.381 e. The number of nitrogens with zero attached hydrogens (tertiary/aromatic N) is 9. The van der Waals surface area contributed by atoms with Crippen LogP contribution in [0.3, 0.4) is 0 Å². The van der Waals surface area contributed by atoms with E-state index < -0.39 is 210 Å². The molecule has 0 aromatic heterocycles. The first kappa shape index (κ1) is 88.1. The fourth-order valence-corrected chi connectivity index (χ4v) is 17.9. The monoisotopic (exact) mass is 1540 g/mol. The molecule has 3 N–H and O–H groups in total. The first-order chi connectivity index (χ1) is 50.5. The molecule has 4 saturated carbocycles. The fourth-order valence-electron chi connectivity index (χ4n) is 17.9. The Morgan fingerprint density at radius 2 is 1.29 bits per heavy atom. The molecule has 610 valence electrons. The molecule has 13 atom stereocenters. The third-order valence-electron chi connectivity index (χ3n) is 24.3. The molecule has 0 radical (unpaired) electrons.